The van der Waals surface area contributed by atoms with Crippen molar-refractivity contribution in [2.45, 2.75) is 6.92 Å². The molecule has 0 saturated carbocycles. The van der Waals surface area contributed by atoms with Crippen LogP contribution in [0.5, 0.6) is 0 Å². The number of carbonyl (C=O) groups is 1. The van der Waals surface area contributed by atoms with E-state index in [0.717, 1.165) is 17.9 Å². The number of likely N-dealkylation sites (N-methyl/N-ethyl adjacent to an activating group) is 1. The largest absolute Gasteiger partial charge is 0.398 e. The van der Waals surface area contributed by atoms with E-state index in [4.69, 9.17) is 5.73 Å². The molecule has 0 unspecified atom stereocenters. The first-order valence-corrected chi connectivity index (χ1v) is 7.72. The van der Waals surface area contributed by atoms with Gasteiger partial charge in [0, 0.05) is 37.5 Å². The van der Waals surface area contributed by atoms with E-state index < -0.39 is 4.92 Å². The first kappa shape index (κ1) is 15.8. The van der Waals surface area contributed by atoms with Crippen LogP contribution >= 0.6 is 0 Å². The van der Waals surface area contributed by atoms with Crippen molar-refractivity contribution in [2.75, 3.05) is 35.2 Å². The fourth-order valence-electron chi connectivity index (χ4n) is 2.95. The summed E-state index contributed by atoms with van der Waals surface area (Å²) in [5.74, 6) is -0.320. The number of fused-ring (bicyclic) bond motifs is 1. The number of amides is 1. The Morgan fingerprint density at radius 3 is 2.58 bits per heavy atom. The lowest BCUT2D eigenvalue weighted by atomic mass is 10.1. The zero-order chi connectivity index (χ0) is 17.3. The van der Waals surface area contributed by atoms with Crippen molar-refractivity contribution in [3.63, 3.8) is 0 Å². The minimum Gasteiger partial charge on any atom is -0.398 e. The van der Waals surface area contributed by atoms with Crippen molar-refractivity contribution < 1.29 is 9.72 Å². The van der Waals surface area contributed by atoms with Gasteiger partial charge in [-0.3, -0.25) is 14.9 Å². The third-order valence-corrected chi connectivity index (χ3v) is 4.21. The predicted octanol–water partition coefficient (Wildman–Crippen LogP) is 2.66. The van der Waals surface area contributed by atoms with E-state index >= 15 is 0 Å². The molecule has 2 N–H and O–H groups in total. The maximum Gasteiger partial charge on any atom is 0.270 e. The van der Waals surface area contributed by atoms with Gasteiger partial charge in [0.1, 0.15) is 0 Å². The lowest BCUT2D eigenvalue weighted by Gasteiger charge is -2.37. The van der Waals surface area contributed by atoms with Crippen LogP contribution in [0.25, 0.3) is 0 Å². The number of nitro benzene ring substituents is 1. The van der Waals surface area contributed by atoms with Gasteiger partial charge >= 0.3 is 0 Å². The second-order valence-electron chi connectivity index (χ2n) is 5.55. The number of nitrogens with zero attached hydrogens (tertiary/aromatic N) is 3. The monoisotopic (exact) mass is 326 g/mol. The summed E-state index contributed by atoms with van der Waals surface area (Å²) in [5.41, 5.74) is 7.91. The van der Waals surface area contributed by atoms with Crippen LogP contribution < -0.4 is 15.5 Å². The molecule has 24 heavy (non-hydrogen) atoms. The van der Waals surface area contributed by atoms with Gasteiger partial charge in [0.2, 0.25) is 0 Å². The van der Waals surface area contributed by atoms with Crippen molar-refractivity contribution in [1.82, 2.24) is 0 Å². The van der Waals surface area contributed by atoms with Gasteiger partial charge < -0.3 is 15.5 Å². The molecule has 1 aliphatic heterocycles. The lowest BCUT2D eigenvalue weighted by Crippen LogP contribution is -2.44. The fraction of sp³-hybridized carbons (Fsp3) is 0.235. The van der Waals surface area contributed by atoms with E-state index in [2.05, 4.69) is 11.8 Å². The van der Waals surface area contributed by atoms with Crippen molar-refractivity contribution in [1.29, 1.82) is 0 Å². The molecule has 0 saturated heterocycles. The molecule has 7 nitrogen and oxygen atoms in total. The number of para-hydroxylation sites is 2. The van der Waals surface area contributed by atoms with E-state index in [1.54, 1.807) is 4.90 Å². The maximum absolute atomic E-state index is 13.0. The zero-order valence-corrected chi connectivity index (χ0v) is 13.3. The summed E-state index contributed by atoms with van der Waals surface area (Å²) in [4.78, 5) is 27.2. The van der Waals surface area contributed by atoms with E-state index in [1.165, 1.54) is 18.2 Å². The molecule has 1 amide bonds. The summed E-state index contributed by atoms with van der Waals surface area (Å²) >= 11 is 0. The van der Waals surface area contributed by atoms with Crippen LogP contribution in [-0.4, -0.2) is 30.5 Å². The summed E-state index contributed by atoms with van der Waals surface area (Å²) < 4.78 is 0. The Labute approximate surface area is 139 Å². The second-order valence-corrected chi connectivity index (χ2v) is 5.55. The molecule has 7 heteroatoms. The number of hydrogen-bond donors (Lipinski definition) is 1. The average Bonchev–Trinajstić information content (AvgIpc) is 2.60. The topological polar surface area (TPSA) is 92.7 Å². The minimum absolute atomic E-state index is 0.145. The van der Waals surface area contributed by atoms with E-state index in [1.807, 2.05) is 24.3 Å². The second kappa shape index (κ2) is 6.19. The Balaban J connectivity index is 2.02. The highest BCUT2D eigenvalue weighted by molar-refractivity contribution is 6.11. The molecule has 0 aromatic heterocycles. The van der Waals surface area contributed by atoms with E-state index in [0.29, 0.717) is 13.1 Å². The normalized spacial score (nSPS) is 13.5. The summed E-state index contributed by atoms with van der Waals surface area (Å²) in [5, 5.41) is 11.0. The standard InChI is InChI=1S/C17H18N4O3/c1-2-19-9-10-20(16-6-4-3-5-15(16)19)17(22)13-11-12(21(23)24)7-8-14(13)18/h3-8,11H,2,9-10,18H2,1H3. The van der Waals surface area contributed by atoms with Crippen LogP contribution in [-0.2, 0) is 0 Å². The summed E-state index contributed by atoms with van der Waals surface area (Å²) in [6, 6.07) is 11.6. The predicted molar refractivity (Wildman–Crippen MR) is 93.5 cm³/mol. The highest BCUT2D eigenvalue weighted by Crippen LogP contribution is 2.34. The molecular formula is C17H18N4O3. The van der Waals surface area contributed by atoms with Gasteiger partial charge in [-0.2, -0.15) is 0 Å². The van der Waals surface area contributed by atoms with Crippen LogP contribution in [0.2, 0.25) is 0 Å². The fourth-order valence-corrected chi connectivity index (χ4v) is 2.95. The highest BCUT2D eigenvalue weighted by Gasteiger charge is 2.28. The molecule has 3 rings (SSSR count). The Hall–Kier alpha value is -3.09. The molecule has 124 valence electrons. The first-order chi connectivity index (χ1) is 11.5. The lowest BCUT2D eigenvalue weighted by molar-refractivity contribution is -0.384. The number of rotatable bonds is 3. The Morgan fingerprint density at radius 2 is 1.92 bits per heavy atom. The zero-order valence-electron chi connectivity index (χ0n) is 13.3. The van der Waals surface area contributed by atoms with Crippen molar-refractivity contribution in [2.24, 2.45) is 0 Å². The SMILES string of the molecule is CCN1CCN(C(=O)c2cc([N+](=O)[O-])ccc2N)c2ccccc21. The van der Waals surface area contributed by atoms with Gasteiger partial charge in [0.15, 0.2) is 0 Å². The number of nitrogen functional groups attached to an aromatic ring is 1. The number of carbonyl (C=O) groups excluding carboxylic acids is 1. The molecule has 0 fully saturated rings. The Morgan fingerprint density at radius 1 is 1.21 bits per heavy atom. The van der Waals surface area contributed by atoms with Crippen molar-refractivity contribution in [3.8, 4) is 0 Å². The molecule has 0 radical (unpaired) electrons. The quantitative estimate of drug-likeness (QED) is 0.532. The first-order valence-electron chi connectivity index (χ1n) is 7.72. The average molecular weight is 326 g/mol. The summed E-state index contributed by atoms with van der Waals surface area (Å²) in [6.07, 6.45) is 0. The van der Waals surface area contributed by atoms with E-state index in [9.17, 15) is 14.9 Å². The molecule has 0 aliphatic carbocycles. The van der Waals surface area contributed by atoms with Gasteiger partial charge in [-0.05, 0) is 25.1 Å². The van der Waals surface area contributed by atoms with Gasteiger partial charge in [0.25, 0.3) is 11.6 Å². The van der Waals surface area contributed by atoms with Crippen LogP contribution in [0.4, 0.5) is 22.7 Å². The highest BCUT2D eigenvalue weighted by atomic mass is 16.6. The van der Waals surface area contributed by atoms with Gasteiger partial charge in [-0.1, -0.05) is 12.1 Å². The molecule has 1 heterocycles. The molecule has 1 aliphatic rings. The van der Waals surface area contributed by atoms with Crippen LogP contribution in [0.3, 0.4) is 0 Å². The molecular weight excluding hydrogens is 308 g/mol. The number of benzene rings is 2. The molecule has 0 spiro atoms. The van der Waals surface area contributed by atoms with Crippen LogP contribution in [0.1, 0.15) is 17.3 Å². The molecule has 0 atom stereocenters. The van der Waals surface area contributed by atoms with E-state index in [-0.39, 0.29) is 22.8 Å². The molecule has 0 bridgehead atoms. The van der Waals surface area contributed by atoms with Gasteiger partial charge in [0.05, 0.1) is 21.9 Å². The summed E-state index contributed by atoms with van der Waals surface area (Å²) in [7, 11) is 0. The summed E-state index contributed by atoms with van der Waals surface area (Å²) in [6.45, 7) is 4.12. The number of hydrogen-bond acceptors (Lipinski definition) is 5. The molecule has 2 aromatic rings. The minimum atomic E-state index is -0.529. The number of nitrogens with two attached hydrogens (primary N) is 1. The van der Waals surface area contributed by atoms with Crippen molar-refractivity contribution >= 4 is 28.7 Å². The van der Waals surface area contributed by atoms with Gasteiger partial charge in [-0.15, -0.1) is 0 Å². The van der Waals surface area contributed by atoms with Crippen LogP contribution in [0, 0.1) is 10.1 Å². The third-order valence-electron chi connectivity index (χ3n) is 4.21. The van der Waals surface area contributed by atoms with Crippen LogP contribution in [0.15, 0.2) is 42.5 Å². The third kappa shape index (κ3) is 2.64. The molecule has 2 aromatic carbocycles. The number of anilines is 3. The number of nitro groups is 1. The van der Waals surface area contributed by atoms with Gasteiger partial charge in [-0.25, -0.2) is 0 Å². The maximum atomic E-state index is 13.0. The van der Waals surface area contributed by atoms with Crippen molar-refractivity contribution in [3.05, 3.63) is 58.1 Å². The smallest absolute Gasteiger partial charge is 0.270 e. The Kier molecular flexibility index (Phi) is 4.07. The Bertz CT molecular complexity index is 806. The number of non-ortho nitro benzene ring substituents is 1.